The lowest BCUT2D eigenvalue weighted by Gasteiger charge is -2.20. The maximum absolute atomic E-state index is 13.0. The van der Waals surface area contributed by atoms with Gasteiger partial charge in [0, 0.05) is 17.6 Å². The Morgan fingerprint density at radius 1 is 1.10 bits per heavy atom. The third-order valence-corrected chi connectivity index (χ3v) is 4.25. The van der Waals surface area contributed by atoms with Gasteiger partial charge in [-0.3, -0.25) is 4.98 Å². The molecule has 3 aromatic rings. The molecule has 0 aliphatic heterocycles. The summed E-state index contributed by atoms with van der Waals surface area (Å²) in [6.45, 7) is 4.99. The summed E-state index contributed by atoms with van der Waals surface area (Å²) in [5.41, 5.74) is -1.04. The number of ether oxygens (including phenoxy) is 2. The van der Waals surface area contributed by atoms with Crippen LogP contribution in [0.5, 0.6) is 11.5 Å². The van der Waals surface area contributed by atoms with Crippen molar-refractivity contribution in [3.63, 3.8) is 0 Å². The number of benzene rings is 1. The molecule has 166 valence electrons. The number of fused-ring (bicyclic) bond motifs is 1. The molecule has 0 spiro atoms. The fourth-order valence-corrected chi connectivity index (χ4v) is 2.84. The lowest BCUT2D eigenvalue weighted by Crippen LogP contribution is -2.28. The largest absolute Gasteiger partial charge is 0.493 e. The van der Waals surface area contributed by atoms with Gasteiger partial charge < -0.3 is 19.9 Å². The van der Waals surface area contributed by atoms with Crippen LogP contribution in [0, 0.1) is 6.92 Å². The summed E-state index contributed by atoms with van der Waals surface area (Å²) < 4.78 is 49.9. The molecule has 10 heteroatoms. The van der Waals surface area contributed by atoms with Crippen LogP contribution in [-0.2, 0) is 12.7 Å². The molecule has 0 unspecified atom stereocenters. The molecule has 31 heavy (non-hydrogen) atoms. The molecule has 7 nitrogen and oxygen atoms in total. The van der Waals surface area contributed by atoms with Crippen molar-refractivity contribution in [3.05, 3.63) is 47.5 Å². The number of methoxy groups -OCH3 is 1. The van der Waals surface area contributed by atoms with Gasteiger partial charge in [0.1, 0.15) is 18.2 Å². The predicted octanol–water partition coefficient (Wildman–Crippen LogP) is 4.12. The van der Waals surface area contributed by atoms with Crippen LogP contribution in [0.3, 0.4) is 0 Å². The zero-order valence-electron chi connectivity index (χ0n) is 17.5. The molecule has 1 aromatic carbocycles. The number of aryl methyl sites for hydroxylation is 1. The molecule has 2 aromatic heterocycles. The summed E-state index contributed by atoms with van der Waals surface area (Å²) in [5.74, 6) is 1.70. The number of aliphatic hydroxyl groups is 1. The number of pyridine rings is 1. The second-order valence-corrected chi connectivity index (χ2v) is 7.63. The monoisotopic (exact) mass is 436 g/mol. The molecule has 0 amide bonds. The highest BCUT2D eigenvalue weighted by molar-refractivity contribution is 5.91. The number of halogens is 3. The molecule has 0 radical (unpaired) electrons. The first kappa shape index (κ1) is 22.5. The van der Waals surface area contributed by atoms with E-state index in [1.54, 1.807) is 32.9 Å². The third kappa shape index (κ3) is 5.72. The average molecular weight is 436 g/mol. The lowest BCUT2D eigenvalue weighted by molar-refractivity contribution is -0.137. The van der Waals surface area contributed by atoms with Crippen LogP contribution >= 0.6 is 0 Å². The minimum absolute atomic E-state index is 0.0263. The van der Waals surface area contributed by atoms with Crippen LogP contribution in [0.15, 0.2) is 30.5 Å². The summed E-state index contributed by atoms with van der Waals surface area (Å²) in [6.07, 6.45) is -3.32. The summed E-state index contributed by atoms with van der Waals surface area (Å²) in [6, 6.07) is 5.26. The van der Waals surface area contributed by atoms with Crippen LogP contribution in [0.25, 0.3) is 10.9 Å². The predicted molar refractivity (Wildman–Crippen MR) is 109 cm³/mol. The zero-order valence-corrected chi connectivity index (χ0v) is 17.5. The molecule has 3 rings (SSSR count). The smallest absolute Gasteiger partial charge is 0.416 e. The molecular formula is C21H23F3N4O3. The Balaban J connectivity index is 1.94. The summed E-state index contributed by atoms with van der Waals surface area (Å²) in [4.78, 5) is 12.8. The second-order valence-electron chi connectivity index (χ2n) is 7.63. The van der Waals surface area contributed by atoms with E-state index in [0.29, 0.717) is 34.0 Å². The number of aromatic nitrogens is 3. The van der Waals surface area contributed by atoms with Crippen molar-refractivity contribution in [2.24, 2.45) is 0 Å². The molecule has 0 fully saturated rings. The molecule has 2 heterocycles. The van der Waals surface area contributed by atoms with Crippen molar-refractivity contribution in [2.75, 3.05) is 19.0 Å². The molecule has 2 N–H and O–H groups in total. The Labute approximate surface area is 177 Å². The van der Waals surface area contributed by atoms with E-state index in [0.717, 1.165) is 18.3 Å². The third-order valence-electron chi connectivity index (χ3n) is 4.25. The highest BCUT2D eigenvalue weighted by Gasteiger charge is 2.30. The number of nitrogens with zero attached hydrogens (tertiary/aromatic N) is 3. The van der Waals surface area contributed by atoms with Crippen LogP contribution < -0.4 is 14.8 Å². The molecule has 0 saturated carbocycles. The van der Waals surface area contributed by atoms with Gasteiger partial charge in [-0.15, -0.1) is 0 Å². The minimum atomic E-state index is -4.45. The first-order valence-corrected chi connectivity index (χ1v) is 9.44. The van der Waals surface area contributed by atoms with E-state index in [2.05, 4.69) is 20.3 Å². The van der Waals surface area contributed by atoms with Gasteiger partial charge >= 0.3 is 6.18 Å². The molecule has 0 bridgehead atoms. The van der Waals surface area contributed by atoms with E-state index in [1.807, 2.05) is 0 Å². The summed E-state index contributed by atoms with van der Waals surface area (Å²) >= 11 is 0. The Kier molecular flexibility index (Phi) is 6.21. The number of anilines is 1. The highest BCUT2D eigenvalue weighted by Crippen LogP contribution is 2.35. The van der Waals surface area contributed by atoms with E-state index in [4.69, 9.17) is 9.47 Å². The first-order valence-electron chi connectivity index (χ1n) is 9.44. The summed E-state index contributed by atoms with van der Waals surface area (Å²) in [5, 5.41) is 13.6. The molecular weight excluding hydrogens is 413 g/mol. The van der Waals surface area contributed by atoms with E-state index in [1.165, 1.54) is 7.11 Å². The van der Waals surface area contributed by atoms with Crippen molar-refractivity contribution in [1.29, 1.82) is 0 Å². The van der Waals surface area contributed by atoms with E-state index in [9.17, 15) is 18.3 Å². The topological polar surface area (TPSA) is 89.4 Å². The number of hydrogen-bond donors (Lipinski definition) is 2. The maximum atomic E-state index is 13.0. The lowest BCUT2D eigenvalue weighted by atomic mass is 10.1. The van der Waals surface area contributed by atoms with Crippen molar-refractivity contribution in [2.45, 2.75) is 39.1 Å². The number of alkyl halides is 3. The molecule has 0 atom stereocenters. The Hall–Kier alpha value is -3.14. The van der Waals surface area contributed by atoms with Crippen molar-refractivity contribution >= 4 is 16.7 Å². The highest BCUT2D eigenvalue weighted by atomic mass is 19.4. The average Bonchev–Trinajstić information content (AvgIpc) is 2.68. The number of nitrogens with one attached hydrogen (secondary N) is 1. The molecule has 0 aliphatic rings. The van der Waals surface area contributed by atoms with Crippen LogP contribution in [0.4, 0.5) is 19.0 Å². The molecule has 0 saturated heterocycles. The summed E-state index contributed by atoms with van der Waals surface area (Å²) in [7, 11) is 1.49. The standard InChI is InChI=1S/C21H23F3N4O3/c1-12-27-16-9-17(30-4)18(31-11-20(2,3)29)8-15(16)19(28-12)26-10-14-7-13(5-6-25-14)21(22,23)24/h5-9,29H,10-11H2,1-4H3,(H,26,27,28). The second kappa shape index (κ2) is 8.54. The van der Waals surface area contributed by atoms with Gasteiger partial charge in [0.25, 0.3) is 0 Å². The maximum Gasteiger partial charge on any atom is 0.416 e. The van der Waals surface area contributed by atoms with Crippen molar-refractivity contribution in [1.82, 2.24) is 15.0 Å². The van der Waals surface area contributed by atoms with Crippen LogP contribution in [-0.4, -0.2) is 39.4 Å². The van der Waals surface area contributed by atoms with Gasteiger partial charge in [0.2, 0.25) is 0 Å². The Morgan fingerprint density at radius 2 is 1.84 bits per heavy atom. The number of hydrogen-bond acceptors (Lipinski definition) is 7. The molecule has 0 aliphatic carbocycles. The normalized spacial score (nSPS) is 12.1. The van der Waals surface area contributed by atoms with E-state index < -0.39 is 17.3 Å². The van der Waals surface area contributed by atoms with Gasteiger partial charge in [-0.25, -0.2) is 9.97 Å². The van der Waals surface area contributed by atoms with E-state index in [-0.39, 0.29) is 18.8 Å². The van der Waals surface area contributed by atoms with Crippen LogP contribution in [0.1, 0.15) is 30.9 Å². The van der Waals surface area contributed by atoms with Gasteiger partial charge in [-0.1, -0.05) is 0 Å². The fourth-order valence-electron chi connectivity index (χ4n) is 2.84. The van der Waals surface area contributed by atoms with Gasteiger partial charge in [0.15, 0.2) is 11.5 Å². The number of rotatable bonds is 7. The SMILES string of the molecule is COc1cc2nc(C)nc(NCc3cc(C(F)(F)F)ccn3)c2cc1OCC(C)(C)O. The van der Waals surface area contributed by atoms with Gasteiger partial charge in [0.05, 0.1) is 36.0 Å². The van der Waals surface area contributed by atoms with Crippen LogP contribution in [0.2, 0.25) is 0 Å². The minimum Gasteiger partial charge on any atom is -0.493 e. The Morgan fingerprint density at radius 3 is 2.48 bits per heavy atom. The Bertz CT molecular complexity index is 1080. The first-order chi connectivity index (χ1) is 14.5. The van der Waals surface area contributed by atoms with Crippen molar-refractivity contribution < 1.29 is 27.8 Å². The van der Waals surface area contributed by atoms with E-state index >= 15 is 0 Å². The zero-order chi connectivity index (χ0) is 22.8. The quantitative estimate of drug-likeness (QED) is 0.576. The van der Waals surface area contributed by atoms with Gasteiger partial charge in [-0.05, 0) is 39.0 Å². The fraction of sp³-hybridized carbons (Fsp3) is 0.381. The van der Waals surface area contributed by atoms with Gasteiger partial charge in [-0.2, -0.15) is 13.2 Å². The van der Waals surface area contributed by atoms with Crippen molar-refractivity contribution in [3.8, 4) is 11.5 Å².